The molecule has 9 nitrogen and oxygen atoms in total. The number of carbonyl (C=O) groups is 3. The Morgan fingerprint density at radius 1 is 1.11 bits per heavy atom. The van der Waals surface area contributed by atoms with E-state index in [1.54, 1.807) is 6.07 Å². The maximum absolute atomic E-state index is 14.6. The number of hydrogen-bond acceptors (Lipinski definition) is 6. The maximum Gasteiger partial charge on any atom is 0.259 e. The van der Waals surface area contributed by atoms with Crippen LogP contribution in [0, 0.1) is 5.82 Å². The minimum atomic E-state index is -1.75. The standard InChI is InChI=1S/C27H30FN3O6/c1-16-2-3-17-14-18(4-6-20(16)17)29-25(33)23(32)24-27(35)31(10-13-37-24)19-5-7-22(28)21(15-19)26(34)30-8-11-36-12-9-30/h4-7,14-16,23-24,32H,2-3,8-13H2,1H3,(H,29,33)/t16-,23+,24+/m0/s1. The number of aliphatic hydroxyl groups excluding tert-OH is 1. The Kier molecular flexibility index (Phi) is 7.23. The van der Waals surface area contributed by atoms with E-state index in [4.69, 9.17) is 9.47 Å². The number of nitrogens with zero attached hydrogens (tertiary/aromatic N) is 2. The molecule has 0 unspecified atom stereocenters. The van der Waals surface area contributed by atoms with Crippen LogP contribution in [0.1, 0.15) is 40.7 Å². The molecule has 196 valence electrons. The number of carbonyl (C=O) groups excluding carboxylic acids is 3. The first-order chi connectivity index (χ1) is 17.8. The number of halogens is 1. The first kappa shape index (κ1) is 25.3. The predicted molar refractivity (Wildman–Crippen MR) is 133 cm³/mol. The van der Waals surface area contributed by atoms with Crippen molar-refractivity contribution in [2.75, 3.05) is 49.7 Å². The van der Waals surface area contributed by atoms with Gasteiger partial charge >= 0.3 is 0 Å². The van der Waals surface area contributed by atoms with Gasteiger partial charge in [-0.1, -0.05) is 13.0 Å². The lowest BCUT2D eigenvalue weighted by Crippen LogP contribution is -2.55. The Morgan fingerprint density at radius 3 is 2.68 bits per heavy atom. The van der Waals surface area contributed by atoms with Crippen molar-refractivity contribution in [2.45, 2.75) is 37.9 Å². The Balaban J connectivity index is 1.29. The van der Waals surface area contributed by atoms with E-state index in [1.807, 2.05) is 12.1 Å². The number of morpholine rings is 2. The fourth-order valence-electron chi connectivity index (χ4n) is 5.13. The third-order valence-corrected chi connectivity index (χ3v) is 7.26. The summed E-state index contributed by atoms with van der Waals surface area (Å²) in [5.41, 5.74) is 3.10. The van der Waals surface area contributed by atoms with Crippen LogP contribution in [0.3, 0.4) is 0 Å². The van der Waals surface area contributed by atoms with Gasteiger partial charge in [-0.05, 0) is 60.2 Å². The van der Waals surface area contributed by atoms with Crippen LogP contribution >= 0.6 is 0 Å². The average Bonchev–Trinajstić information content (AvgIpc) is 3.28. The number of hydrogen-bond donors (Lipinski definition) is 2. The lowest BCUT2D eigenvalue weighted by atomic mass is 10.0. The lowest BCUT2D eigenvalue weighted by Gasteiger charge is -2.34. The SMILES string of the molecule is C[C@H]1CCc2cc(NC(=O)[C@H](O)[C@H]3OCCN(c4ccc(F)c(C(=O)N5CCOCC5)c4)C3=O)ccc21. The molecule has 0 bridgehead atoms. The van der Waals surface area contributed by atoms with Crippen LogP contribution in [0.15, 0.2) is 36.4 Å². The summed E-state index contributed by atoms with van der Waals surface area (Å²) in [4.78, 5) is 41.7. The summed E-state index contributed by atoms with van der Waals surface area (Å²) in [5.74, 6) is -2.11. The molecule has 2 aliphatic heterocycles. The van der Waals surface area contributed by atoms with E-state index >= 15 is 0 Å². The molecule has 5 rings (SSSR count). The number of benzene rings is 2. The molecule has 1 aliphatic carbocycles. The summed E-state index contributed by atoms with van der Waals surface area (Å²) in [5, 5.41) is 13.4. The third kappa shape index (κ3) is 5.09. The second-order valence-corrected chi connectivity index (χ2v) is 9.64. The molecule has 2 fully saturated rings. The van der Waals surface area contributed by atoms with Crippen LogP contribution in [-0.2, 0) is 25.5 Å². The monoisotopic (exact) mass is 511 g/mol. The lowest BCUT2D eigenvalue weighted by molar-refractivity contribution is -0.150. The molecule has 0 radical (unpaired) electrons. The molecule has 10 heteroatoms. The molecular weight excluding hydrogens is 481 g/mol. The van der Waals surface area contributed by atoms with E-state index in [0.717, 1.165) is 24.5 Å². The molecular formula is C27H30FN3O6. The highest BCUT2D eigenvalue weighted by atomic mass is 19.1. The van der Waals surface area contributed by atoms with Crippen LogP contribution in [0.4, 0.5) is 15.8 Å². The van der Waals surface area contributed by atoms with Crippen molar-refractivity contribution in [3.63, 3.8) is 0 Å². The van der Waals surface area contributed by atoms with Crippen LogP contribution in [0.5, 0.6) is 0 Å². The van der Waals surface area contributed by atoms with Crippen LogP contribution < -0.4 is 10.2 Å². The summed E-state index contributed by atoms with van der Waals surface area (Å²) in [7, 11) is 0. The minimum Gasteiger partial charge on any atom is -0.380 e. The van der Waals surface area contributed by atoms with Gasteiger partial charge < -0.3 is 29.7 Å². The molecule has 3 aliphatic rings. The summed E-state index contributed by atoms with van der Waals surface area (Å²) in [6, 6.07) is 9.51. The molecule has 2 aromatic carbocycles. The van der Waals surface area contributed by atoms with Crippen LogP contribution in [0.25, 0.3) is 0 Å². The van der Waals surface area contributed by atoms with Crippen molar-refractivity contribution >= 4 is 29.1 Å². The smallest absolute Gasteiger partial charge is 0.259 e. The van der Waals surface area contributed by atoms with Gasteiger partial charge in [0.1, 0.15) is 5.82 Å². The van der Waals surface area contributed by atoms with Gasteiger partial charge in [-0.2, -0.15) is 0 Å². The van der Waals surface area contributed by atoms with E-state index in [9.17, 15) is 23.9 Å². The Bertz CT molecular complexity index is 1210. The van der Waals surface area contributed by atoms with Gasteiger partial charge in [0.25, 0.3) is 17.7 Å². The third-order valence-electron chi connectivity index (χ3n) is 7.26. The minimum absolute atomic E-state index is 0.0571. The first-order valence-electron chi connectivity index (χ1n) is 12.5. The molecule has 2 saturated heterocycles. The number of amides is 3. The number of rotatable bonds is 5. The van der Waals surface area contributed by atoms with Crippen molar-refractivity contribution in [1.29, 1.82) is 0 Å². The number of anilines is 2. The molecule has 0 spiro atoms. The first-order valence-corrected chi connectivity index (χ1v) is 12.5. The van der Waals surface area contributed by atoms with Gasteiger partial charge in [0.15, 0.2) is 12.2 Å². The van der Waals surface area contributed by atoms with E-state index in [-0.39, 0.29) is 24.4 Å². The number of aryl methyl sites for hydroxylation is 1. The quantitative estimate of drug-likeness (QED) is 0.637. The Labute approximate surface area is 214 Å². The van der Waals surface area contributed by atoms with Crippen LogP contribution in [0.2, 0.25) is 0 Å². The normalized spacial score (nSPS) is 22.5. The average molecular weight is 512 g/mol. The summed E-state index contributed by atoms with van der Waals surface area (Å²) < 4.78 is 25.3. The summed E-state index contributed by atoms with van der Waals surface area (Å²) in [6.45, 7) is 3.80. The predicted octanol–water partition coefficient (Wildman–Crippen LogP) is 2.08. The largest absolute Gasteiger partial charge is 0.380 e. The van der Waals surface area contributed by atoms with Gasteiger partial charge in [-0.25, -0.2) is 4.39 Å². The van der Waals surface area contributed by atoms with E-state index in [2.05, 4.69) is 12.2 Å². The topological polar surface area (TPSA) is 108 Å². The van der Waals surface area contributed by atoms with Crippen molar-refractivity contribution in [1.82, 2.24) is 4.90 Å². The molecule has 0 aromatic heterocycles. The zero-order chi connectivity index (χ0) is 26.1. The molecule has 2 heterocycles. The molecule has 2 N–H and O–H groups in total. The zero-order valence-electron chi connectivity index (χ0n) is 20.6. The summed E-state index contributed by atoms with van der Waals surface area (Å²) >= 11 is 0. The number of fused-ring (bicyclic) bond motifs is 1. The molecule has 3 atom stereocenters. The van der Waals surface area contributed by atoms with Gasteiger partial charge in [0.05, 0.1) is 25.4 Å². The van der Waals surface area contributed by atoms with E-state index in [0.29, 0.717) is 37.9 Å². The van der Waals surface area contributed by atoms with E-state index < -0.39 is 35.7 Å². The highest BCUT2D eigenvalue weighted by Crippen LogP contribution is 2.34. The zero-order valence-corrected chi connectivity index (χ0v) is 20.6. The molecule has 2 aromatic rings. The van der Waals surface area contributed by atoms with Gasteiger partial charge in [0, 0.05) is 31.0 Å². The molecule has 0 saturated carbocycles. The maximum atomic E-state index is 14.6. The summed E-state index contributed by atoms with van der Waals surface area (Å²) in [6.07, 6.45) is -1.21. The number of nitrogens with one attached hydrogen (secondary N) is 1. The van der Waals surface area contributed by atoms with Gasteiger partial charge in [-0.3, -0.25) is 14.4 Å². The van der Waals surface area contributed by atoms with Crippen molar-refractivity contribution in [3.05, 3.63) is 58.9 Å². The Morgan fingerprint density at radius 2 is 1.89 bits per heavy atom. The highest BCUT2D eigenvalue weighted by molar-refractivity contribution is 6.04. The van der Waals surface area contributed by atoms with Crippen molar-refractivity contribution in [2.24, 2.45) is 0 Å². The highest BCUT2D eigenvalue weighted by Gasteiger charge is 2.40. The molecule has 3 amide bonds. The van der Waals surface area contributed by atoms with Crippen molar-refractivity contribution < 1.29 is 33.4 Å². The van der Waals surface area contributed by atoms with Gasteiger partial charge in [-0.15, -0.1) is 0 Å². The van der Waals surface area contributed by atoms with Gasteiger partial charge in [0.2, 0.25) is 0 Å². The second-order valence-electron chi connectivity index (χ2n) is 9.64. The molecule has 37 heavy (non-hydrogen) atoms. The van der Waals surface area contributed by atoms with Crippen LogP contribution in [-0.4, -0.2) is 79.4 Å². The number of ether oxygens (including phenoxy) is 2. The fraction of sp³-hybridized carbons (Fsp3) is 0.444. The number of aliphatic hydroxyl groups is 1. The van der Waals surface area contributed by atoms with E-state index in [1.165, 1.54) is 27.5 Å². The fourth-order valence-corrected chi connectivity index (χ4v) is 5.13. The van der Waals surface area contributed by atoms with Crippen molar-refractivity contribution in [3.8, 4) is 0 Å². The second kappa shape index (κ2) is 10.6. The Hall–Kier alpha value is -3.34.